The van der Waals surface area contributed by atoms with Crippen LogP contribution in [0.4, 0.5) is 10.5 Å². The number of aromatic nitrogens is 1. The molecule has 2 aromatic carbocycles. The fourth-order valence-corrected chi connectivity index (χ4v) is 4.15. The maximum absolute atomic E-state index is 13.5. The van der Waals surface area contributed by atoms with Crippen LogP contribution in [0.3, 0.4) is 0 Å². The first kappa shape index (κ1) is 21.4. The Labute approximate surface area is 187 Å². The van der Waals surface area contributed by atoms with E-state index in [2.05, 4.69) is 9.88 Å². The summed E-state index contributed by atoms with van der Waals surface area (Å²) in [6.07, 6.45) is 2.03. The minimum Gasteiger partial charge on any atom is -0.493 e. The van der Waals surface area contributed by atoms with Crippen molar-refractivity contribution in [1.82, 2.24) is 9.47 Å². The number of nitrogens with zero attached hydrogens (tertiary/aromatic N) is 2. The molecule has 1 aromatic heterocycles. The van der Waals surface area contributed by atoms with Gasteiger partial charge in [0.25, 0.3) is 0 Å². The smallest absolute Gasteiger partial charge is 0.322 e. The summed E-state index contributed by atoms with van der Waals surface area (Å²) in [5, 5.41) is 3.00. The molecule has 32 heavy (non-hydrogen) atoms. The zero-order chi connectivity index (χ0) is 22.7. The molecule has 2 heterocycles. The highest BCUT2D eigenvalue weighted by Gasteiger charge is 2.33. The Balaban J connectivity index is 1.71. The Morgan fingerprint density at radius 3 is 2.38 bits per heavy atom. The standard InChI is InChI=1S/C24H27N3O5/c1-29-19-11-10-16(15-21(19)31-3)22-18-8-6-12-26(18)13-14-27(22)24(28)25-17-7-5-9-20(30-2)23(17)32-4/h5-12,15,22H,13-14H2,1-4H3,(H,25,28)/t22-/m0/s1. The van der Waals surface area contributed by atoms with Crippen LogP contribution in [0.15, 0.2) is 54.7 Å². The zero-order valence-corrected chi connectivity index (χ0v) is 18.6. The summed E-state index contributed by atoms with van der Waals surface area (Å²) < 4.78 is 23.9. The highest BCUT2D eigenvalue weighted by atomic mass is 16.5. The molecule has 0 saturated heterocycles. The van der Waals surface area contributed by atoms with Gasteiger partial charge in [0.05, 0.1) is 40.2 Å². The second-order valence-electron chi connectivity index (χ2n) is 7.31. The molecule has 1 aliphatic heterocycles. The molecule has 168 valence electrons. The molecule has 0 aliphatic carbocycles. The first-order valence-electron chi connectivity index (χ1n) is 10.3. The number of carbonyl (C=O) groups excluding carboxylic acids is 1. The topological polar surface area (TPSA) is 74.2 Å². The van der Waals surface area contributed by atoms with Crippen molar-refractivity contribution < 1.29 is 23.7 Å². The van der Waals surface area contributed by atoms with Gasteiger partial charge in [0.2, 0.25) is 0 Å². The Hall–Kier alpha value is -3.81. The normalized spacial score (nSPS) is 15.0. The molecular formula is C24H27N3O5. The van der Waals surface area contributed by atoms with E-state index in [0.29, 0.717) is 41.8 Å². The van der Waals surface area contributed by atoms with Crippen LogP contribution in [0.2, 0.25) is 0 Å². The van der Waals surface area contributed by atoms with Crippen molar-refractivity contribution in [3.63, 3.8) is 0 Å². The van der Waals surface area contributed by atoms with E-state index in [0.717, 1.165) is 11.3 Å². The first-order chi connectivity index (χ1) is 15.6. The average molecular weight is 437 g/mol. The van der Waals surface area contributed by atoms with Gasteiger partial charge in [-0.05, 0) is 42.0 Å². The van der Waals surface area contributed by atoms with E-state index in [1.54, 1.807) is 40.6 Å². The van der Waals surface area contributed by atoms with Crippen molar-refractivity contribution in [3.05, 3.63) is 66.0 Å². The van der Waals surface area contributed by atoms with Crippen molar-refractivity contribution in [3.8, 4) is 23.0 Å². The number of hydrogen-bond acceptors (Lipinski definition) is 5. The lowest BCUT2D eigenvalue weighted by molar-refractivity contribution is 0.181. The molecular weight excluding hydrogens is 410 g/mol. The summed E-state index contributed by atoms with van der Waals surface area (Å²) in [5.74, 6) is 2.28. The van der Waals surface area contributed by atoms with E-state index < -0.39 is 0 Å². The maximum Gasteiger partial charge on any atom is 0.322 e. The number of rotatable bonds is 6. The third kappa shape index (κ3) is 3.79. The van der Waals surface area contributed by atoms with Gasteiger partial charge in [0.15, 0.2) is 23.0 Å². The number of methoxy groups -OCH3 is 4. The predicted molar refractivity (Wildman–Crippen MR) is 121 cm³/mol. The molecule has 1 aliphatic rings. The Bertz CT molecular complexity index is 1110. The maximum atomic E-state index is 13.5. The number of urea groups is 1. The van der Waals surface area contributed by atoms with Crippen molar-refractivity contribution in [2.45, 2.75) is 12.6 Å². The molecule has 8 nitrogen and oxygen atoms in total. The summed E-state index contributed by atoms with van der Waals surface area (Å²) in [4.78, 5) is 15.3. The quantitative estimate of drug-likeness (QED) is 0.627. The van der Waals surface area contributed by atoms with Crippen LogP contribution in [0.5, 0.6) is 23.0 Å². The van der Waals surface area contributed by atoms with Crippen molar-refractivity contribution in [2.75, 3.05) is 40.3 Å². The van der Waals surface area contributed by atoms with E-state index in [4.69, 9.17) is 18.9 Å². The van der Waals surface area contributed by atoms with E-state index in [1.165, 1.54) is 0 Å². The molecule has 4 rings (SSSR count). The molecule has 1 N–H and O–H groups in total. The van der Waals surface area contributed by atoms with Gasteiger partial charge in [0.1, 0.15) is 0 Å². The molecule has 1 atom stereocenters. The second kappa shape index (κ2) is 9.13. The summed E-state index contributed by atoms with van der Waals surface area (Å²) in [6.45, 7) is 1.24. The van der Waals surface area contributed by atoms with Gasteiger partial charge in [-0.3, -0.25) is 0 Å². The number of hydrogen-bond donors (Lipinski definition) is 1. The molecule has 0 fully saturated rings. The van der Waals surface area contributed by atoms with E-state index in [9.17, 15) is 4.79 Å². The second-order valence-corrected chi connectivity index (χ2v) is 7.31. The van der Waals surface area contributed by atoms with E-state index in [-0.39, 0.29) is 12.1 Å². The molecule has 3 aromatic rings. The largest absolute Gasteiger partial charge is 0.493 e. The number of carbonyl (C=O) groups is 1. The molecule has 0 unspecified atom stereocenters. The molecule has 0 saturated carbocycles. The summed E-state index contributed by atoms with van der Waals surface area (Å²) in [5.41, 5.74) is 2.50. The predicted octanol–water partition coefficient (Wildman–Crippen LogP) is 4.16. The minimum atomic E-state index is -0.296. The highest BCUT2D eigenvalue weighted by molar-refractivity contribution is 5.92. The lowest BCUT2D eigenvalue weighted by atomic mass is 9.99. The number of nitrogens with one attached hydrogen (secondary N) is 1. The molecule has 0 spiro atoms. The minimum absolute atomic E-state index is 0.233. The summed E-state index contributed by atoms with van der Waals surface area (Å²) in [7, 11) is 6.32. The van der Waals surface area contributed by atoms with Crippen LogP contribution in [-0.2, 0) is 6.54 Å². The van der Waals surface area contributed by atoms with Gasteiger partial charge in [0, 0.05) is 25.0 Å². The number of ether oxygens (including phenoxy) is 4. The van der Waals surface area contributed by atoms with Crippen LogP contribution in [0.1, 0.15) is 17.3 Å². The third-order valence-corrected chi connectivity index (χ3v) is 5.67. The first-order valence-corrected chi connectivity index (χ1v) is 10.3. The average Bonchev–Trinajstić information content (AvgIpc) is 3.31. The van der Waals surface area contributed by atoms with Crippen LogP contribution in [0.25, 0.3) is 0 Å². The van der Waals surface area contributed by atoms with Gasteiger partial charge in [-0.15, -0.1) is 0 Å². The van der Waals surface area contributed by atoms with Crippen molar-refractivity contribution >= 4 is 11.7 Å². The third-order valence-electron chi connectivity index (χ3n) is 5.67. The molecule has 0 radical (unpaired) electrons. The Kier molecular flexibility index (Phi) is 6.11. The number of benzene rings is 2. The van der Waals surface area contributed by atoms with Crippen LogP contribution < -0.4 is 24.3 Å². The molecule has 0 bridgehead atoms. The van der Waals surface area contributed by atoms with Gasteiger partial charge < -0.3 is 33.7 Å². The number of para-hydroxylation sites is 1. The molecule has 2 amide bonds. The van der Waals surface area contributed by atoms with Gasteiger partial charge >= 0.3 is 6.03 Å². The highest BCUT2D eigenvalue weighted by Crippen LogP contribution is 2.39. The Morgan fingerprint density at radius 2 is 1.66 bits per heavy atom. The Morgan fingerprint density at radius 1 is 0.875 bits per heavy atom. The van der Waals surface area contributed by atoms with Crippen molar-refractivity contribution in [1.29, 1.82) is 0 Å². The fraction of sp³-hybridized carbons (Fsp3) is 0.292. The van der Waals surface area contributed by atoms with E-state index >= 15 is 0 Å². The number of fused-ring (bicyclic) bond motifs is 1. The SMILES string of the molecule is COc1ccc([C@H]2c3cccn3CCN2C(=O)Nc2cccc(OC)c2OC)cc1OC. The van der Waals surface area contributed by atoms with Gasteiger partial charge in [-0.1, -0.05) is 12.1 Å². The summed E-state index contributed by atoms with van der Waals surface area (Å²) in [6, 6.07) is 14.6. The van der Waals surface area contributed by atoms with Gasteiger partial charge in [-0.25, -0.2) is 4.79 Å². The van der Waals surface area contributed by atoms with Crippen LogP contribution >= 0.6 is 0 Å². The van der Waals surface area contributed by atoms with Crippen molar-refractivity contribution in [2.24, 2.45) is 0 Å². The fourth-order valence-electron chi connectivity index (χ4n) is 4.15. The monoisotopic (exact) mass is 437 g/mol. The number of anilines is 1. The molecule has 8 heteroatoms. The van der Waals surface area contributed by atoms with Crippen LogP contribution in [-0.4, -0.2) is 50.5 Å². The van der Waals surface area contributed by atoms with E-state index in [1.807, 2.05) is 47.5 Å². The lowest BCUT2D eigenvalue weighted by Crippen LogP contribution is -2.44. The van der Waals surface area contributed by atoms with Gasteiger partial charge in [-0.2, -0.15) is 0 Å². The van der Waals surface area contributed by atoms with Crippen LogP contribution in [0, 0.1) is 0 Å². The lowest BCUT2D eigenvalue weighted by Gasteiger charge is -2.37. The summed E-state index contributed by atoms with van der Waals surface area (Å²) >= 11 is 0. The zero-order valence-electron chi connectivity index (χ0n) is 18.6. The number of amides is 2.